The van der Waals surface area contributed by atoms with Gasteiger partial charge < -0.3 is 9.55 Å². The van der Waals surface area contributed by atoms with Crippen LogP contribution in [0.1, 0.15) is 77.8 Å². The van der Waals surface area contributed by atoms with Gasteiger partial charge in [-0.2, -0.15) is 0 Å². The Kier molecular flexibility index (Phi) is 7.47. The Bertz CT molecular complexity index is 805. The molecule has 2 aliphatic carbocycles. The van der Waals surface area contributed by atoms with Crippen molar-refractivity contribution in [2.75, 3.05) is 0 Å². The number of rotatable bonds is 0. The van der Waals surface area contributed by atoms with E-state index in [0.29, 0.717) is 18.6 Å². The van der Waals surface area contributed by atoms with E-state index in [1.165, 1.54) is 5.56 Å². The summed E-state index contributed by atoms with van der Waals surface area (Å²) in [6, 6.07) is 0. The van der Waals surface area contributed by atoms with Crippen molar-refractivity contribution in [2.24, 2.45) is 7.05 Å². The Balaban J connectivity index is 0.000000180. The van der Waals surface area contributed by atoms with E-state index < -0.39 is 0 Å². The first-order valence-electron chi connectivity index (χ1n) is 8.75. The highest BCUT2D eigenvalue weighted by Crippen LogP contribution is 2.28. The molecule has 2 aliphatic rings. The van der Waals surface area contributed by atoms with Crippen LogP contribution in [-0.2, 0) is 19.9 Å². The number of hydrogen-bond donors (Lipinski definition) is 1. The van der Waals surface area contributed by atoms with Crippen molar-refractivity contribution >= 4 is 43.4 Å². The number of nitrogens with one attached hydrogen (secondary N) is 1. The van der Waals surface area contributed by atoms with E-state index in [1.54, 1.807) is 0 Å². The van der Waals surface area contributed by atoms with Gasteiger partial charge in [0.1, 0.15) is 0 Å². The van der Waals surface area contributed by atoms with Gasteiger partial charge in [-0.05, 0) is 81.5 Å². The smallest absolute Gasteiger partial charge is 0.164 e. The predicted octanol–water partition coefficient (Wildman–Crippen LogP) is 6.02. The number of Topliss-reactive ketones (excluding diaryl/α,β-unsaturated/α-hetero) is 2. The van der Waals surface area contributed by atoms with E-state index in [9.17, 15) is 9.59 Å². The molecule has 2 aromatic heterocycles. The van der Waals surface area contributed by atoms with Crippen molar-refractivity contribution < 1.29 is 9.59 Å². The quantitative estimate of drug-likeness (QED) is 0.464. The van der Waals surface area contributed by atoms with Crippen LogP contribution in [0.3, 0.4) is 0 Å². The molecule has 2 heterocycles. The maximum absolute atomic E-state index is 11.6. The van der Waals surface area contributed by atoms with Crippen molar-refractivity contribution in [3.05, 3.63) is 43.9 Å². The van der Waals surface area contributed by atoms with Crippen LogP contribution in [-0.4, -0.2) is 21.1 Å². The average molecular weight is 486 g/mol. The van der Waals surface area contributed by atoms with E-state index in [0.717, 1.165) is 64.4 Å². The second-order valence-corrected chi connectivity index (χ2v) is 8.22. The minimum atomic E-state index is 0. The van der Waals surface area contributed by atoms with Crippen LogP contribution >= 0.6 is 31.9 Å². The fourth-order valence-electron chi connectivity index (χ4n) is 3.50. The maximum atomic E-state index is 11.6. The SMILES string of the molecule is C.Cn1cc2c(c1Br)CCCCC2=O.O=C1CCCCc2c1c[nH]c2Br. The summed E-state index contributed by atoms with van der Waals surface area (Å²) in [7, 11) is 1.96. The molecule has 2 aromatic rings. The Morgan fingerprint density at radius 1 is 0.885 bits per heavy atom. The molecule has 6 heteroatoms. The predicted molar refractivity (Wildman–Crippen MR) is 112 cm³/mol. The molecule has 142 valence electrons. The monoisotopic (exact) mass is 484 g/mol. The molecule has 0 atom stereocenters. The largest absolute Gasteiger partial charge is 0.355 e. The van der Waals surface area contributed by atoms with E-state index in [1.807, 2.05) is 24.0 Å². The molecular weight excluding hydrogens is 460 g/mol. The van der Waals surface area contributed by atoms with Crippen LogP contribution in [0.25, 0.3) is 0 Å². The number of aromatic nitrogens is 2. The van der Waals surface area contributed by atoms with Crippen LogP contribution < -0.4 is 0 Å². The molecule has 0 aliphatic heterocycles. The molecule has 0 saturated carbocycles. The third-order valence-electron chi connectivity index (χ3n) is 4.90. The minimum Gasteiger partial charge on any atom is -0.355 e. The van der Waals surface area contributed by atoms with Gasteiger partial charge in [0.2, 0.25) is 0 Å². The number of aromatic amines is 1. The van der Waals surface area contributed by atoms with E-state index in [4.69, 9.17) is 0 Å². The van der Waals surface area contributed by atoms with Gasteiger partial charge in [-0.1, -0.05) is 7.43 Å². The summed E-state index contributed by atoms with van der Waals surface area (Å²) in [4.78, 5) is 26.1. The number of ketones is 2. The maximum Gasteiger partial charge on any atom is 0.164 e. The summed E-state index contributed by atoms with van der Waals surface area (Å²) in [5, 5.41) is 0. The van der Waals surface area contributed by atoms with E-state index in [-0.39, 0.29) is 13.2 Å². The van der Waals surface area contributed by atoms with Gasteiger partial charge in [0, 0.05) is 43.4 Å². The van der Waals surface area contributed by atoms with E-state index in [2.05, 4.69) is 36.8 Å². The number of carbonyl (C=O) groups excluding carboxylic acids is 2. The van der Waals surface area contributed by atoms with Crippen LogP contribution in [0.2, 0.25) is 0 Å². The second kappa shape index (κ2) is 9.18. The highest BCUT2D eigenvalue weighted by molar-refractivity contribution is 9.10. The number of carbonyl (C=O) groups is 2. The Morgan fingerprint density at radius 3 is 2.08 bits per heavy atom. The molecule has 0 saturated heterocycles. The number of hydrogen-bond acceptors (Lipinski definition) is 2. The first-order chi connectivity index (χ1) is 12.0. The van der Waals surface area contributed by atoms with Crippen LogP contribution in [0.4, 0.5) is 0 Å². The van der Waals surface area contributed by atoms with Gasteiger partial charge >= 0.3 is 0 Å². The van der Waals surface area contributed by atoms with Gasteiger partial charge in [0.25, 0.3) is 0 Å². The highest BCUT2D eigenvalue weighted by atomic mass is 79.9. The fourth-order valence-corrected chi connectivity index (χ4v) is 4.54. The van der Waals surface area contributed by atoms with Gasteiger partial charge in [0.05, 0.1) is 9.21 Å². The minimum absolute atomic E-state index is 0. The zero-order chi connectivity index (χ0) is 18.0. The van der Waals surface area contributed by atoms with Crippen molar-refractivity contribution in [1.82, 2.24) is 9.55 Å². The molecule has 0 aromatic carbocycles. The fraction of sp³-hybridized carbons (Fsp3) is 0.500. The third kappa shape index (κ3) is 4.39. The number of aryl methyl sites for hydroxylation is 1. The summed E-state index contributed by atoms with van der Waals surface area (Å²) in [6.45, 7) is 0. The Hall–Kier alpha value is -1.14. The summed E-state index contributed by atoms with van der Waals surface area (Å²) in [5.74, 6) is 0.582. The van der Waals surface area contributed by atoms with Crippen LogP contribution in [0.5, 0.6) is 0 Å². The summed E-state index contributed by atoms with van der Waals surface area (Å²) < 4.78 is 4.03. The topological polar surface area (TPSA) is 54.9 Å². The van der Waals surface area contributed by atoms with Crippen molar-refractivity contribution in [3.63, 3.8) is 0 Å². The lowest BCUT2D eigenvalue weighted by Gasteiger charge is -1.97. The lowest BCUT2D eigenvalue weighted by Crippen LogP contribution is -1.96. The summed E-state index contributed by atoms with van der Waals surface area (Å²) >= 11 is 6.92. The Morgan fingerprint density at radius 2 is 1.42 bits per heavy atom. The zero-order valence-electron chi connectivity index (χ0n) is 14.3. The van der Waals surface area contributed by atoms with Gasteiger partial charge in [-0.3, -0.25) is 9.59 Å². The van der Waals surface area contributed by atoms with Crippen molar-refractivity contribution in [1.29, 1.82) is 0 Å². The van der Waals surface area contributed by atoms with Crippen molar-refractivity contribution in [3.8, 4) is 0 Å². The molecular formula is C20H26Br2N2O2. The van der Waals surface area contributed by atoms with Crippen LogP contribution in [0, 0.1) is 0 Å². The average Bonchev–Trinajstić information content (AvgIpc) is 2.93. The number of halogens is 2. The number of nitrogens with zero attached hydrogens (tertiary/aromatic N) is 1. The standard InChI is InChI=1S/C10H12BrNO.C9H10BrNO.CH4/c1-12-6-8-7(10(12)11)4-2-3-5-9(8)13;10-9-6-3-1-2-4-8(12)7(6)5-11-9;/h6H,2-5H2,1H3;5,11H,1-4H2;1H4. The van der Waals surface area contributed by atoms with Gasteiger partial charge in [-0.25, -0.2) is 0 Å². The van der Waals surface area contributed by atoms with Gasteiger partial charge in [-0.15, -0.1) is 0 Å². The highest BCUT2D eigenvalue weighted by Gasteiger charge is 2.20. The number of H-pyrrole nitrogens is 1. The molecule has 0 bridgehead atoms. The lowest BCUT2D eigenvalue weighted by atomic mass is 10.1. The molecule has 0 fully saturated rings. The molecule has 4 rings (SSSR count). The molecule has 0 unspecified atom stereocenters. The van der Waals surface area contributed by atoms with Gasteiger partial charge in [0.15, 0.2) is 11.6 Å². The van der Waals surface area contributed by atoms with E-state index >= 15 is 0 Å². The molecule has 0 amide bonds. The zero-order valence-corrected chi connectivity index (χ0v) is 17.5. The van der Waals surface area contributed by atoms with Crippen LogP contribution in [0.15, 0.2) is 21.6 Å². The number of fused-ring (bicyclic) bond motifs is 2. The summed E-state index contributed by atoms with van der Waals surface area (Å²) in [5.41, 5.74) is 4.17. The Labute approximate surface area is 172 Å². The normalized spacial score (nSPS) is 16.4. The molecule has 0 spiro atoms. The molecule has 26 heavy (non-hydrogen) atoms. The second-order valence-electron chi connectivity index (χ2n) is 6.68. The molecule has 1 N–H and O–H groups in total. The molecule has 4 nitrogen and oxygen atoms in total. The first kappa shape index (κ1) is 21.2. The summed E-state index contributed by atoms with van der Waals surface area (Å²) in [6.07, 6.45) is 11.5. The van der Waals surface area contributed by atoms with Crippen molar-refractivity contribution in [2.45, 2.75) is 58.8 Å². The first-order valence-corrected chi connectivity index (χ1v) is 10.3. The third-order valence-corrected chi connectivity index (χ3v) is 6.65. The molecule has 0 radical (unpaired) electrons. The lowest BCUT2D eigenvalue weighted by molar-refractivity contribution is 0.0974.